The summed E-state index contributed by atoms with van der Waals surface area (Å²) in [6.07, 6.45) is 0. The second-order valence-electron chi connectivity index (χ2n) is 4.73. The van der Waals surface area contributed by atoms with Crippen LogP contribution in [-0.4, -0.2) is 6.00 Å². The Hall–Kier alpha value is -0.473. The standard InChI is InChI=1S/C15H15Cl3Si/c1-11-8-9-14(10-12(11)2)15(19(16,17)18)13-6-4-3-5-7-13/h3-10,15H,1-2H3. The molecule has 0 amide bonds. The first kappa shape index (κ1) is 14.9. The first-order valence-corrected chi connectivity index (χ1v) is 11.2. The third kappa shape index (κ3) is 3.54. The van der Waals surface area contributed by atoms with Gasteiger partial charge in [-0.3, -0.25) is 0 Å². The van der Waals surface area contributed by atoms with Crippen LogP contribution in [0.15, 0.2) is 48.5 Å². The summed E-state index contributed by atoms with van der Waals surface area (Å²) in [5.41, 5.74) is 4.50. The van der Waals surface area contributed by atoms with Gasteiger partial charge in [0.1, 0.15) is 0 Å². The van der Waals surface area contributed by atoms with E-state index in [1.165, 1.54) is 11.1 Å². The Kier molecular flexibility index (Phi) is 4.62. The molecule has 0 saturated carbocycles. The molecule has 0 nitrogen and oxygen atoms in total. The van der Waals surface area contributed by atoms with Crippen LogP contribution in [0, 0.1) is 13.8 Å². The van der Waals surface area contributed by atoms with Crippen LogP contribution in [0.5, 0.6) is 0 Å². The predicted octanol–water partition coefficient (Wildman–Crippen LogP) is 5.63. The number of benzene rings is 2. The van der Waals surface area contributed by atoms with Crippen LogP contribution < -0.4 is 0 Å². The minimum atomic E-state index is -2.89. The maximum Gasteiger partial charge on any atom is 0.352 e. The molecule has 0 aliphatic carbocycles. The molecule has 1 unspecified atom stereocenters. The van der Waals surface area contributed by atoms with Crippen LogP contribution in [-0.2, 0) is 0 Å². The molecule has 0 aromatic heterocycles. The topological polar surface area (TPSA) is 0 Å². The summed E-state index contributed by atoms with van der Waals surface area (Å²) in [6.45, 7) is 4.17. The van der Waals surface area contributed by atoms with Crippen molar-refractivity contribution in [2.24, 2.45) is 0 Å². The molecule has 0 N–H and O–H groups in total. The van der Waals surface area contributed by atoms with Crippen molar-refractivity contribution in [3.05, 3.63) is 70.8 Å². The molecule has 0 radical (unpaired) electrons. The highest BCUT2D eigenvalue weighted by Crippen LogP contribution is 2.41. The first-order valence-electron chi connectivity index (χ1n) is 6.08. The van der Waals surface area contributed by atoms with E-state index >= 15 is 0 Å². The summed E-state index contributed by atoms with van der Waals surface area (Å²) >= 11 is 19.0. The van der Waals surface area contributed by atoms with Crippen LogP contribution in [0.1, 0.15) is 27.8 Å². The molecule has 2 aromatic rings. The fourth-order valence-corrected chi connectivity index (χ4v) is 5.56. The zero-order valence-electron chi connectivity index (χ0n) is 10.8. The van der Waals surface area contributed by atoms with Crippen LogP contribution >= 0.6 is 33.2 Å². The SMILES string of the molecule is Cc1ccc(C(c2ccccc2)[Si](Cl)(Cl)Cl)cc1C. The molecule has 0 aliphatic rings. The summed E-state index contributed by atoms with van der Waals surface area (Å²) in [5, 5.41) is 0. The Morgan fingerprint density at radius 2 is 1.42 bits per heavy atom. The van der Waals surface area contributed by atoms with Crippen LogP contribution in [0.2, 0.25) is 0 Å². The van der Waals surface area contributed by atoms with Gasteiger partial charge in [0, 0.05) is 5.54 Å². The predicted molar refractivity (Wildman–Crippen MR) is 87.5 cm³/mol. The van der Waals surface area contributed by atoms with Gasteiger partial charge in [-0.15, -0.1) is 33.2 Å². The fourth-order valence-electron chi connectivity index (χ4n) is 2.16. The van der Waals surface area contributed by atoms with Gasteiger partial charge in [-0.2, -0.15) is 0 Å². The van der Waals surface area contributed by atoms with Crippen LogP contribution in [0.4, 0.5) is 0 Å². The van der Waals surface area contributed by atoms with Crippen molar-refractivity contribution in [2.45, 2.75) is 19.4 Å². The second kappa shape index (κ2) is 5.88. The van der Waals surface area contributed by atoms with Gasteiger partial charge in [0.15, 0.2) is 0 Å². The van der Waals surface area contributed by atoms with Crippen molar-refractivity contribution in [1.82, 2.24) is 0 Å². The molecule has 0 aliphatic heterocycles. The minimum Gasteiger partial charge on any atom is -0.125 e. The Morgan fingerprint density at radius 1 is 0.789 bits per heavy atom. The molecule has 2 aromatic carbocycles. The maximum absolute atomic E-state index is 6.33. The van der Waals surface area contributed by atoms with Gasteiger partial charge >= 0.3 is 6.00 Å². The van der Waals surface area contributed by atoms with Crippen molar-refractivity contribution < 1.29 is 0 Å². The Labute approximate surface area is 129 Å². The van der Waals surface area contributed by atoms with Gasteiger partial charge < -0.3 is 0 Å². The molecular weight excluding hydrogens is 315 g/mol. The van der Waals surface area contributed by atoms with Crippen molar-refractivity contribution in [2.75, 3.05) is 0 Å². The van der Waals surface area contributed by atoms with Gasteiger partial charge in [0.05, 0.1) is 0 Å². The zero-order chi connectivity index (χ0) is 14.0. The van der Waals surface area contributed by atoms with Crippen molar-refractivity contribution in [3.8, 4) is 0 Å². The molecule has 100 valence electrons. The molecule has 0 fully saturated rings. The highest BCUT2D eigenvalue weighted by Gasteiger charge is 2.39. The molecule has 0 spiro atoms. The number of rotatable bonds is 3. The largest absolute Gasteiger partial charge is 0.352 e. The first-order chi connectivity index (χ1) is 8.89. The number of hydrogen-bond acceptors (Lipinski definition) is 0. The lowest BCUT2D eigenvalue weighted by Crippen LogP contribution is -2.24. The fraction of sp³-hybridized carbons (Fsp3) is 0.200. The minimum absolute atomic E-state index is 0.127. The van der Waals surface area contributed by atoms with E-state index in [1.54, 1.807) is 0 Å². The smallest absolute Gasteiger partial charge is 0.125 e. The van der Waals surface area contributed by atoms with Gasteiger partial charge in [0.2, 0.25) is 0 Å². The van der Waals surface area contributed by atoms with Crippen molar-refractivity contribution >= 4 is 39.2 Å². The lowest BCUT2D eigenvalue weighted by atomic mass is 10.00. The van der Waals surface area contributed by atoms with Crippen LogP contribution in [0.25, 0.3) is 0 Å². The Bertz CT molecular complexity index is 561. The number of halogens is 3. The second-order valence-corrected chi connectivity index (χ2v) is 13.5. The lowest BCUT2D eigenvalue weighted by Gasteiger charge is -2.24. The van der Waals surface area contributed by atoms with E-state index in [0.717, 1.165) is 11.1 Å². The van der Waals surface area contributed by atoms with E-state index in [4.69, 9.17) is 33.2 Å². The average molecular weight is 330 g/mol. The molecule has 0 bridgehead atoms. The quantitative estimate of drug-likeness (QED) is 0.505. The zero-order valence-corrected chi connectivity index (χ0v) is 14.1. The average Bonchev–Trinajstić information content (AvgIpc) is 2.34. The van der Waals surface area contributed by atoms with Gasteiger partial charge in [-0.1, -0.05) is 48.5 Å². The lowest BCUT2D eigenvalue weighted by molar-refractivity contribution is 1.11. The third-order valence-corrected chi connectivity index (χ3v) is 6.61. The monoisotopic (exact) mass is 328 g/mol. The highest BCUT2D eigenvalue weighted by molar-refractivity contribution is 7.65. The molecule has 1 atom stereocenters. The highest BCUT2D eigenvalue weighted by atomic mass is 35.8. The van der Waals surface area contributed by atoms with Crippen LogP contribution in [0.3, 0.4) is 0 Å². The third-order valence-electron chi connectivity index (χ3n) is 3.32. The van der Waals surface area contributed by atoms with Crippen molar-refractivity contribution in [1.29, 1.82) is 0 Å². The molecule has 0 heterocycles. The van der Waals surface area contributed by atoms with E-state index in [0.29, 0.717) is 0 Å². The van der Waals surface area contributed by atoms with E-state index in [9.17, 15) is 0 Å². The van der Waals surface area contributed by atoms with Gasteiger partial charge in [-0.05, 0) is 36.1 Å². The maximum atomic E-state index is 6.33. The summed E-state index contributed by atoms with van der Waals surface area (Å²) in [6, 6.07) is 13.4. The number of hydrogen-bond donors (Lipinski definition) is 0. The van der Waals surface area contributed by atoms with E-state index < -0.39 is 6.00 Å². The summed E-state index contributed by atoms with van der Waals surface area (Å²) in [5.74, 6) is 0. The molecule has 2 rings (SSSR count). The summed E-state index contributed by atoms with van der Waals surface area (Å²) < 4.78 is 0. The number of aryl methyl sites for hydroxylation is 2. The van der Waals surface area contributed by atoms with E-state index in [-0.39, 0.29) is 5.54 Å². The summed E-state index contributed by atoms with van der Waals surface area (Å²) in [4.78, 5) is 0. The normalized spacial score (nSPS) is 13.3. The van der Waals surface area contributed by atoms with E-state index in [2.05, 4.69) is 32.0 Å². The molecule has 19 heavy (non-hydrogen) atoms. The molecule has 4 heteroatoms. The van der Waals surface area contributed by atoms with Crippen molar-refractivity contribution in [3.63, 3.8) is 0 Å². The van der Waals surface area contributed by atoms with Gasteiger partial charge in [0.25, 0.3) is 0 Å². The Morgan fingerprint density at radius 3 is 1.95 bits per heavy atom. The molecule has 0 saturated heterocycles. The Balaban J connectivity index is 2.53. The molecular formula is C15H15Cl3Si. The van der Waals surface area contributed by atoms with Gasteiger partial charge in [-0.25, -0.2) is 0 Å². The van der Waals surface area contributed by atoms with E-state index in [1.807, 2.05) is 30.3 Å². The summed E-state index contributed by atoms with van der Waals surface area (Å²) in [7, 11) is 0.